The van der Waals surface area contributed by atoms with E-state index in [2.05, 4.69) is 50.2 Å². The Balaban J connectivity index is 2.51. The first-order valence-electron chi connectivity index (χ1n) is 7.11. The lowest BCUT2D eigenvalue weighted by Gasteiger charge is -2.18. The van der Waals surface area contributed by atoms with Gasteiger partial charge in [0.05, 0.1) is 7.11 Å². The number of rotatable bonds is 8. The van der Waals surface area contributed by atoms with E-state index in [1.54, 1.807) is 7.11 Å². The number of methoxy groups -OCH3 is 1. The van der Waals surface area contributed by atoms with Crippen molar-refractivity contribution in [3.8, 4) is 5.75 Å². The minimum Gasteiger partial charge on any atom is -0.496 e. The average Bonchev–Trinajstić information content (AvgIpc) is 2.39. The molecule has 0 amide bonds. The summed E-state index contributed by atoms with van der Waals surface area (Å²) in [5.41, 5.74) is 3.97. The van der Waals surface area contributed by atoms with E-state index >= 15 is 0 Å². The van der Waals surface area contributed by atoms with Gasteiger partial charge in [0.25, 0.3) is 0 Å². The molecule has 0 unspecified atom stereocenters. The van der Waals surface area contributed by atoms with Crippen LogP contribution in [-0.2, 0) is 6.42 Å². The molecule has 0 bridgehead atoms. The van der Waals surface area contributed by atoms with E-state index < -0.39 is 0 Å². The molecule has 0 saturated carbocycles. The highest BCUT2D eigenvalue weighted by Crippen LogP contribution is 2.22. The molecule has 0 saturated heterocycles. The zero-order valence-corrected chi connectivity index (χ0v) is 13.0. The lowest BCUT2D eigenvalue weighted by Crippen LogP contribution is -2.30. The predicted molar refractivity (Wildman–Crippen MR) is 82.2 cm³/mol. The highest BCUT2D eigenvalue weighted by molar-refractivity contribution is 5.41. The molecule has 0 atom stereocenters. The monoisotopic (exact) mass is 264 g/mol. The zero-order valence-electron chi connectivity index (χ0n) is 13.0. The zero-order chi connectivity index (χ0) is 14.3. The van der Waals surface area contributed by atoms with Gasteiger partial charge in [-0.25, -0.2) is 0 Å². The second-order valence-electron chi connectivity index (χ2n) is 5.16. The van der Waals surface area contributed by atoms with Crippen LogP contribution in [0.4, 0.5) is 0 Å². The average molecular weight is 264 g/mol. The van der Waals surface area contributed by atoms with Gasteiger partial charge in [0.15, 0.2) is 0 Å². The molecule has 19 heavy (non-hydrogen) atoms. The third-order valence-electron chi connectivity index (χ3n) is 3.54. The van der Waals surface area contributed by atoms with Crippen molar-refractivity contribution >= 4 is 0 Å². The Morgan fingerprint density at radius 3 is 2.53 bits per heavy atom. The molecule has 0 aliphatic heterocycles. The van der Waals surface area contributed by atoms with Crippen LogP contribution in [-0.4, -0.2) is 45.2 Å². The van der Waals surface area contributed by atoms with E-state index in [0.29, 0.717) is 0 Å². The highest BCUT2D eigenvalue weighted by atomic mass is 16.5. The van der Waals surface area contributed by atoms with Crippen LogP contribution in [0.25, 0.3) is 0 Å². The SMILES string of the molecule is CCNCCN(C)CCc1cc(C)c(OC)cc1C. The van der Waals surface area contributed by atoms with E-state index in [0.717, 1.165) is 38.3 Å². The number of hydrogen-bond acceptors (Lipinski definition) is 3. The maximum atomic E-state index is 5.35. The molecule has 1 aromatic carbocycles. The first-order chi connectivity index (χ1) is 9.08. The normalized spacial score (nSPS) is 11.1. The van der Waals surface area contributed by atoms with Crippen molar-refractivity contribution in [2.24, 2.45) is 0 Å². The summed E-state index contributed by atoms with van der Waals surface area (Å²) in [4.78, 5) is 2.38. The number of benzene rings is 1. The summed E-state index contributed by atoms with van der Waals surface area (Å²) in [5.74, 6) is 0.988. The van der Waals surface area contributed by atoms with Crippen molar-refractivity contribution in [1.29, 1.82) is 0 Å². The first kappa shape index (κ1) is 16.0. The van der Waals surface area contributed by atoms with Gasteiger partial charge in [-0.2, -0.15) is 0 Å². The highest BCUT2D eigenvalue weighted by Gasteiger charge is 2.06. The third-order valence-corrected chi connectivity index (χ3v) is 3.54. The fraction of sp³-hybridized carbons (Fsp3) is 0.625. The maximum absolute atomic E-state index is 5.35. The number of nitrogens with one attached hydrogen (secondary N) is 1. The minimum atomic E-state index is 0.988. The lowest BCUT2D eigenvalue weighted by atomic mass is 10.0. The van der Waals surface area contributed by atoms with Gasteiger partial charge in [-0.15, -0.1) is 0 Å². The Morgan fingerprint density at radius 2 is 1.89 bits per heavy atom. The van der Waals surface area contributed by atoms with E-state index in [1.807, 2.05) is 0 Å². The molecule has 0 heterocycles. The Morgan fingerprint density at radius 1 is 1.16 bits per heavy atom. The topological polar surface area (TPSA) is 24.5 Å². The van der Waals surface area contributed by atoms with Gasteiger partial charge in [-0.3, -0.25) is 0 Å². The number of hydrogen-bond donors (Lipinski definition) is 1. The second-order valence-corrected chi connectivity index (χ2v) is 5.16. The lowest BCUT2D eigenvalue weighted by molar-refractivity contribution is 0.336. The van der Waals surface area contributed by atoms with Gasteiger partial charge in [0, 0.05) is 19.6 Å². The van der Waals surface area contributed by atoms with Crippen molar-refractivity contribution in [3.63, 3.8) is 0 Å². The number of nitrogens with zero attached hydrogens (tertiary/aromatic N) is 1. The molecule has 1 aromatic rings. The van der Waals surface area contributed by atoms with Crippen molar-refractivity contribution in [2.75, 3.05) is 40.3 Å². The van der Waals surface area contributed by atoms with Crippen molar-refractivity contribution < 1.29 is 4.74 Å². The van der Waals surface area contributed by atoms with Gasteiger partial charge in [0.1, 0.15) is 5.75 Å². The van der Waals surface area contributed by atoms with Crippen LogP contribution in [0, 0.1) is 13.8 Å². The first-order valence-corrected chi connectivity index (χ1v) is 7.11. The van der Waals surface area contributed by atoms with E-state index in [9.17, 15) is 0 Å². The number of ether oxygens (including phenoxy) is 1. The third kappa shape index (κ3) is 5.21. The number of aryl methyl sites for hydroxylation is 2. The van der Waals surface area contributed by atoms with Crippen LogP contribution in [0.2, 0.25) is 0 Å². The Kier molecular flexibility index (Phi) is 6.89. The molecule has 0 fully saturated rings. The minimum absolute atomic E-state index is 0.988. The fourth-order valence-corrected chi connectivity index (χ4v) is 2.21. The number of likely N-dealkylation sites (N-methyl/N-ethyl adjacent to an activating group) is 2. The second kappa shape index (κ2) is 8.18. The Labute approximate surface area is 118 Å². The summed E-state index contributed by atoms with van der Waals surface area (Å²) < 4.78 is 5.35. The van der Waals surface area contributed by atoms with Crippen LogP contribution < -0.4 is 10.1 Å². The molecule has 0 aliphatic carbocycles. The molecule has 1 N–H and O–H groups in total. The molecule has 0 aromatic heterocycles. The van der Waals surface area contributed by atoms with Gasteiger partial charge >= 0.3 is 0 Å². The quantitative estimate of drug-likeness (QED) is 0.730. The van der Waals surface area contributed by atoms with Crippen molar-refractivity contribution in [3.05, 3.63) is 28.8 Å². The van der Waals surface area contributed by atoms with Crippen molar-refractivity contribution in [2.45, 2.75) is 27.2 Å². The predicted octanol–water partition coefficient (Wildman–Crippen LogP) is 2.40. The molecule has 3 nitrogen and oxygen atoms in total. The molecule has 3 heteroatoms. The molecular formula is C16H28N2O. The van der Waals surface area contributed by atoms with Crippen LogP contribution in [0.5, 0.6) is 5.75 Å². The van der Waals surface area contributed by atoms with Gasteiger partial charge in [-0.05, 0) is 56.6 Å². The molecule has 0 aliphatic rings. The van der Waals surface area contributed by atoms with Crippen LogP contribution in [0.15, 0.2) is 12.1 Å². The maximum Gasteiger partial charge on any atom is 0.122 e. The smallest absolute Gasteiger partial charge is 0.122 e. The van der Waals surface area contributed by atoms with Gasteiger partial charge < -0.3 is 15.0 Å². The Bertz CT molecular complexity index is 391. The molecule has 0 spiro atoms. The summed E-state index contributed by atoms with van der Waals surface area (Å²) in [6.45, 7) is 10.7. The fourth-order valence-electron chi connectivity index (χ4n) is 2.21. The largest absolute Gasteiger partial charge is 0.496 e. The summed E-state index contributed by atoms with van der Waals surface area (Å²) >= 11 is 0. The van der Waals surface area contributed by atoms with Crippen molar-refractivity contribution in [1.82, 2.24) is 10.2 Å². The van der Waals surface area contributed by atoms with E-state index in [-0.39, 0.29) is 0 Å². The van der Waals surface area contributed by atoms with Crippen LogP contribution in [0.3, 0.4) is 0 Å². The van der Waals surface area contributed by atoms with E-state index in [1.165, 1.54) is 16.7 Å². The molecule has 1 rings (SSSR count). The molecule has 0 radical (unpaired) electrons. The van der Waals surface area contributed by atoms with Crippen LogP contribution >= 0.6 is 0 Å². The summed E-state index contributed by atoms with van der Waals surface area (Å²) in [7, 11) is 3.92. The molecular weight excluding hydrogens is 236 g/mol. The summed E-state index contributed by atoms with van der Waals surface area (Å²) in [6, 6.07) is 4.40. The summed E-state index contributed by atoms with van der Waals surface area (Å²) in [6.07, 6.45) is 1.10. The summed E-state index contributed by atoms with van der Waals surface area (Å²) in [5, 5.41) is 3.35. The van der Waals surface area contributed by atoms with Gasteiger partial charge in [0.2, 0.25) is 0 Å². The Hall–Kier alpha value is -1.06. The molecule has 108 valence electrons. The van der Waals surface area contributed by atoms with Gasteiger partial charge in [-0.1, -0.05) is 13.0 Å². The van der Waals surface area contributed by atoms with E-state index in [4.69, 9.17) is 4.74 Å². The van der Waals surface area contributed by atoms with Crippen LogP contribution in [0.1, 0.15) is 23.6 Å². The standard InChI is InChI=1S/C16H28N2O/c1-6-17-8-10-18(4)9-7-15-11-14(3)16(19-5)12-13(15)2/h11-12,17H,6-10H2,1-5H3.